The number of halogens is 1. The molecule has 1 saturated heterocycles. The van der Waals surface area contributed by atoms with Crippen molar-refractivity contribution < 1.29 is 38.1 Å². The minimum Gasteiger partial charge on any atom is -0.497 e. The first kappa shape index (κ1) is 34.7. The number of methoxy groups -OCH3 is 1. The number of hydrogen-bond acceptors (Lipinski definition) is 6. The quantitative estimate of drug-likeness (QED) is 0.200. The Bertz CT molecular complexity index is 1630. The third-order valence-electron chi connectivity index (χ3n) is 9.42. The maximum absolute atomic E-state index is 14.1. The molecule has 5 rings (SSSR count). The van der Waals surface area contributed by atoms with E-state index in [1.807, 2.05) is 24.3 Å². The van der Waals surface area contributed by atoms with E-state index in [9.17, 15) is 28.7 Å². The van der Waals surface area contributed by atoms with E-state index < -0.39 is 36.4 Å². The van der Waals surface area contributed by atoms with Crippen LogP contribution in [0.3, 0.4) is 0 Å². The highest BCUT2D eigenvalue weighted by Gasteiger charge is 2.45. The lowest BCUT2D eigenvalue weighted by Crippen LogP contribution is -2.49. The van der Waals surface area contributed by atoms with Gasteiger partial charge < -0.3 is 35.1 Å². The summed E-state index contributed by atoms with van der Waals surface area (Å²) < 4.78 is 24.2. The van der Waals surface area contributed by atoms with Gasteiger partial charge in [0.15, 0.2) is 0 Å². The van der Waals surface area contributed by atoms with Crippen molar-refractivity contribution in [1.29, 1.82) is 0 Å². The van der Waals surface area contributed by atoms with Crippen LogP contribution in [-0.2, 0) is 14.3 Å². The van der Waals surface area contributed by atoms with Crippen LogP contribution in [0.2, 0.25) is 0 Å². The fourth-order valence-corrected chi connectivity index (χ4v) is 7.11. The van der Waals surface area contributed by atoms with Gasteiger partial charge in [-0.1, -0.05) is 12.1 Å². The zero-order valence-corrected chi connectivity index (χ0v) is 27.9. The number of alkyl halides is 1. The lowest BCUT2D eigenvalue weighted by Gasteiger charge is -2.36. The summed E-state index contributed by atoms with van der Waals surface area (Å²) in [4.78, 5) is 56.6. The molecule has 48 heavy (non-hydrogen) atoms. The molecule has 3 amide bonds. The summed E-state index contributed by atoms with van der Waals surface area (Å²) >= 11 is 0. The number of aromatic nitrogens is 1. The number of hydrogen-bond donors (Lipinski definition) is 4. The standard InChI is InChI=1S/C36H45FN4O7/c1-36(2,3)48-35(46)40-29(15-17-37)22-5-7-23(8-6-22)33(43)41-18-16-27(21-9-12-26(47-4)13-10-21)31(41)32(42)38-25-11-14-28-24(19-25)20-30(39-28)34(44)45/h9-14,19-20,22-23,27,29,31,39H,5-8,15-18H2,1-4H3,(H,38,42)(H,40,46)(H,44,45)/t22-,23-,27-,29-,31+/m1/s1. The van der Waals surface area contributed by atoms with Gasteiger partial charge in [-0.3, -0.25) is 14.0 Å². The number of ether oxygens (including phenoxy) is 2. The molecule has 1 aromatic heterocycles. The van der Waals surface area contributed by atoms with Crippen LogP contribution in [0.5, 0.6) is 5.75 Å². The van der Waals surface area contributed by atoms with Crippen LogP contribution in [0, 0.1) is 11.8 Å². The Morgan fingerprint density at radius 1 is 1.02 bits per heavy atom. The second-order valence-corrected chi connectivity index (χ2v) is 13.8. The SMILES string of the molecule is COc1ccc([C@H]2CCN(C(=O)[C@H]3CC[C@H]([C@@H](CCF)NC(=O)OC(C)(C)C)CC3)[C@@H]2C(=O)Nc2ccc3[nH]c(C(=O)O)cc3c2)cc1. The number of carboxylic acid groups (broad SMARTS) is 1. The molecule has 11 nitrogen and oxygen atoms in total. The number of rotatable bonds is 10. The highest BCUT2D eigenvalue weighted by atomic mass is 19.1. The van der Waals surface area contributed by atoms with Gasteiger partial charge >= 0.3 is 12.1 Å². The average molecular weight is 665 g/mol. The molecule has 2 aliphatic rings. The third kappa shape index (κ3) is 8.08. The molecule has 3 atom stereocenters. The molecule has 1 saturated carbocycles. The smallest absolute Gasteiger partial charge is 0.407 e. The molecule has 1 aliphatic carbocycles. The molecule has 0 radical (unpaired) electrons. The van der Waals surface area contributed by atoms with Gasteiger partial charge in [0, 0.05) is 41.0 Å². The summed E-state index contributed by atoms with van der Waals surface area (Å²) in [6.07, 6.45) is 2.60. The number of anilines is 1. The number of likely N-dealkylation sites (tertiary alicyclic amines) is 1. The third-order valence-corrected chi connectivity index (χ3v) is 9.42. The highest BCUT2D eigenvalue weighted by molar-refractivity contribution is 6.01. The fourth-order valence-electron chi connectivity index (χ4n) is 7.11. The van der Waals surface area contributed by atoms with Crippen molar-refractivity contribution in [2.24, 2.45) is 11.8 Å². The van der Waals surface area contributed by atoms with E-state index in [4.69, 9.17) is 9.47 Å². The average Bonchev–Trinajstić information content (AvgIpc) is 3.69. The zero-order chi connectivity index (χ0) is 34.6. The molecule has 2 fully saturated rings. The Labute approximate surface area is 279 Å². The second-order valence-electron chi connectivity index (χ2n) is 13.8. The van der Waals surface area contributed by atoms with Crippen molar-refractivity contribution in [2.45, 2.75) is 82.9 Å². The van der Waals surface area contributed by atoms with Crippen molar-refractivity contribution >= 4 is 40.5 Å². The van der Waals surface area contributed by atoms with Crippen molar-refractivity contribution in [2.75, 3.05) is 25.6 Å². The summed E-state index contributed by atoms with van der Waals surface area (Å²) in [5, 5.41) is 15.8. The fraction of sp³-hybridized carbons (Fsp3) is 0.500. The van der Waals surface area contributed by atoms with Crippen LogP contribution in [0.15, 0.2) is 48.5 Å². The number of nitrogens with one attached hydrogen (secondary N) is 3. The second kappa shape index (κ2) is 14.7. The number of benzene rings is 2. The van der Waals surface area contributed by atoms with Gasteiger partial charge in [-0.15, -0.1) is 0 Å². The molecule has 0 bridgehead atoms. The van der Waals surface area contributed by atoms with E-state index in [-0.39, 0.29) is 41.7 Å². The predicted octanol–water partition coefficient (Wildman–Crippen LogP) is 6.26. The van der Waals surface area contributed by atoms with Crippen LogP contribution in [0.1, 0.15) is 81.3 Å². The number of alkyl carbamates (subject to hydrolysis) is 1. The minimum absolute atomic E-state index is 0.00651. The summed E-state index contributed by atoms with van der Waals surface area (Å²) in [5.41, 5.74) is 1.42. The topological polar surface area (TPSA) is 150 Å². The van der Waals surface area contributed by atoms with E-state index in [1.54, 1.807) is 51.0 Å². The summed E-state index contributed by atoms with van der Waals surface area (Å²) in [6.45, 7) is 5.16. The Morgan fingerprint density at radius 3 is 2.35 bits per heavy atom. The van der Waals surface area contributed by atoms with Crippen molar-refractivity contribution in [3.8, 4) is 5.75 Å². The largest absolute Gasteiger partial charge is 0.497 e. The van der Waals surface area contributed by atoms with Crippen LogP contribution < -0.4 is 15.4 Å². The van der Waals surface area contributed by atoms with Gasteiger partial charge in [0.2, 0.25) is 11.8 Å². The molecule has 258 valence electrons. The monoisotopic (exact) mass is 664 g/mol. The number of amides is 3. The normalized spacial score (nSPS) is 21.8. The Balaban J connectivity index is 1.32. The van der Waals surface area contributed by atoms with Gasteiger partial charge in [0.25, 0.3) is 0 Å². The molecule has 0 unspecified atom stereocenters. The first-order chi connectivity index (χ1) is 22.9. The van der Waals surface area contributed by atoms with E-state index in [0.717, 1.165) is 5.56 Å². The van der Waals surface area contributed by atoms with Gasteiger partial charge in [0.1, 0.15) is 23.1 Å². The first-order valence-electron chi connectivity index (χ1n) is 16.5. The van der Waals surface area contributed by atoms with E-state index in [0.29, 0.717) is 61.0 Å². The Kier molecular flexibility index (Phi) is 10.6. The van der Waals surface area contributed by atoms with E-state index >= 15 is 0 Å². The minimum atomic E-state index is -1.08. The number of carbonyl (C=O) groups is 4. The van der Waals surface area contributed by atoms with Crippen LogP contribution in [0.25, 0.3) is 10.9 Å². The zero-order valence-electron chi connectivity index (χ0n) is 27.9. The van der Waals surface area contributed by atoms with Crippen LogP contribution >= 0.6 is 0 Å². The number of carboxylic acids is 1. The first-order valence-corrected chi connectivity index (χ1v) is 16.5. The van der Waals surface area contributed by atoms with Gasteiger partial charge in [-0.2, -0.15) is 0 Å². The van der Waals surface area contributed by atoms with Gasteiger partial charge in [-0.25, -0.2) is 9.59 Å². The van der Waals surface area contributed by atoms with Crippen molar-refractivity contribution in [3.05, 3.63) is 59.8 Å². The molecule has 2 aromatic carbocycles. The molecule has 4 N–H and O–H groups in total. The summed E-state index contributed by atoms with van der Waals surface area (Å²) in [7, 11) is 1.59. The summed E-state index contributed by atoms with van der Waals surface area (Å²) in [6, 6.07) is 13.0. The van der Waals surface area contributed by atoms with E-state index in [1.165, 1.54) is 6.07 Å². The van der Waals surface area contributed by atoms with E-state index in [2.05, 4.69) is 15.6 Å². The molecular weight excluding hydrogens is 619 g/mol. The Morgan fingerprint density at radius 2 is 1.73 bits per heavy atom. The lowest BCUT2D eigenvalue weighted by atomic mass is 9.77. The number of H-pyrrole nitrogens is 1. The molecular formula is C36H45FN4O7. The number of aromatic carboxylic acids is 1. The number of carbonyl (C=O) groups excluding carboxylic acids is 3. The number of aromatic amines is 1. The molecule has 2 heterocycles. The maximum Gasteiger partial charge on any atom is 0.407 e. The number of nitrogens with zero attached hydrogens (tertiary/aromatic N) is 1. The summed E-state index contributed by atoms with van der Waals surface area (Å²) in [5.74, 6) is -1.35. The molecule has 3 aromatic rings. The van der Waals surface area contributed by atoms with Crippen LogP contribution in [-0.4, -0.2) is 76.9 Å². The maximum atomic E-state index is 14.1. The molecule has 0 spiro atoms. The van der Waals surface area contributed by atoms with Gasteiger partial charge in [-0.05, 0) is 107 Å². The van der Waals surface area contributed by atoms with Crippen LogP contribution in [0.4, 0.5) is 14.9 Å². The van der Waals surface area contributed by atoms with Gasteiger partial charge in [0.05, 0.1) is 13.8 Å². The van der Waals surface area contributed by atoms with Crippen molar-refractivity contribution in [1.82, 2.24) is 15.2 Å². The molecule has 1 aliphatic heterocycles. The van der Waals surface area contributed by atoms with Crippen molar-refractivity contribution in [3.63, 3.8) is 0 Å². The number of fused-ring (bicyclic) bond motifs is 1. The highest BCUT2D eigenvalue weighted by Crippen LogP contribution is 2.39. The predicted molar refractivity (Wildman–Crippen MR) is 179 cm³/mol. The molecule has 12 heteroatoms. The lowest BCUT2D eigenvalue weighted by molar-refractivity contribution is -0.141. The Hall–Kier alpha value is -4.61.